The summed E-state index contributed by atoms with van der Waals surface area (Å²) in [5, 5.41) is 8.63. The number of hydrogen-bond acceptors (Lipinski definition) is 4. The van der Waals surface area contributed by atoms with E-state index in [1.165, 1.54) is 0 Å². The van der Waals surface area contributed by atoms with Gasteiger partial charge in [0.25, 0.3) is 0 Å². The van der Waals surface area contributed by atoms with Crippen molar-refractivity contribution >= 4 is 5.97 Å². The second kappa shape index (κ2) is 4.04. The summed E-state index contributed by atoms with van der Waals surface area (Å²) >= 11 is 0. The molecule has 1 heterocycles. The molecule has 1 aliphatic rings. The maximum Gasteiger partial charge on any atom is 0.320 e. The number of rotatable bonds is 4. The Balaban J connectivity index is 2.52. The Morgan fingerprint density at radius 2 is 2.54 bits per heavy atom. The number of ether oxygens (including phenoxy) is 2. The molecule has 1 saturated heterocycles. The quantitative estimate of drug-likeness (QED) is 0.628. The third-order valence-electron chi connectivity index (χ3n) is 2.41. The van der Waals surface area contributed by atoms with Gasteiger partial charge in [0.1, 0.15) is 6.04 Å². The van der Waals surface area contributed by atoms with E-state index in [1.807, 2.05) is 0 Å². The number of nitrogens with two attached hydrogens (primary N) is 1. The Kier molecular flexibility index (Phi) is 3.24. The van der Waals surface area contributed by atoms with Crippen LogP contribution in [0.25, 0.3) is 0 Å². The lowest BCUT2D eigenvalue weighted by atomic mass is 9.94. The van der Waals surface area contributed by atoms with Crippen LogP contribution in [0.15, 0.2) is 0 Å². The van der Waals surface area contributed by atoms with Gasteiger partial charge in [0, 0.05) is 26.6 Å². The molecular weight excluding hydrogens is 174 g/mol. The summed E-state index contributed by atoms with van der Waals surface area (Å²) in [6.07, 6.45) is 1.02. The van der Waals surface area contributed by atoms with Crippen molar-refractivity contribution in [1.82, 2.24) is 0 Å². The zero-order valence-corrected chi connectivity index (χ0v) is 7.66. The third kappa shape index (κ3) is 2.40. The maximum absolute atomic E-state index is 10.5. The molecule has 76 valence electrons. The van der Waals surface area contributed by atoms with Crippen LogP contribution in [0, 0.1) is 0 Å². The fourth-order valence-corrected chi connectivity index (χ4v) is 1.48. The molecule has 0 aromatic rings. The Morgan fingerprint density at radius 1 is 1.85 bits per heavy atom. The molecule has 0 spiro atoms. The average molecular weight is 189 g/mol. The molecule has 0 aromatic heterocycles. The molecule has 0 aromatic carbocycles. The van der Waals surface area contributed by atoms with E-state index in [0.717, 1.165) is 0 Å². The predicted octanol–water partition coefficient (Wildman–Crippen LogP) is -0.406. The lowest BCUT2D eigenvalue weighted by Crippen LogP contribution is -2.43. The molecule has 5 heteroatoms. The van der Waals surface area contributed by atoms with Gasteiger partial charge in [-0.1, -0.05) is 0 Å². The van der Waals surface area contributed by atoms with E-state index in [1.54, 1.807) is 7.11 Å². The normalized spacial score (nSPS) is 30.3. The van der Waals surface area contributed by atoms with Gasteiger partial charge in [0.15, 0.2) is 0 Å². The summed E-state index contributed by atoms with van der Waals surface area (Å²) in [7, 11) is 1.56. The van der Waals surface area contributed by atoms with E-state index in [4.69, 9.17) is 20.3 Å². The number of carboxylic acids is 1. The summed E-state index contributed by atoms with van der Waals surface area (Å²) in [6.45, 7) is 1.05. The van der Waals surface area contributed by atoms with Gasteiger partial charge in [-0.25, -0.2) is 0 Å². The zero-order valence-electron chi connectivity index (χ0n) is 7.66. The molecule has 13 heavy (non-hydrogen) atoms. The molecule has 0 radical (unpaired) electrons. The van der Waals surface area contributed by atoms with Crippen molar-refractivity contribution in [3.63, 3.8) is 0 Å². The van der Waals surface area contributed by atoms with Crippen LogP contribution in [0.1, 0.15) is 12.8 Å². The summed E-state index contributed by atoms with van der Waals surface area (Å²) in [6, 6.07) is -0.873. The van der Waals surface area contributed by atoms with Crippen LogP contribution in [-0.2, 0) is 14.3 Å². The smallest absolute Gasteiger partial charge is 0.320 e. The number of hydrogen-bond donors (Lipinski definition) is 2. The first-order valence-corrected chi connectivity index (χ1v) is 4.21. The van der Waals surface area contributed by atoms with E-state index in [9.17, 15) is 4.79 Å². The van der Waals surface area contributed by atoms with Crippen molar-refractivity contribution in [3.05, 3.63) is 0 Å². The number of carboxylic acid groups (broad SMARTS) is 1. The van der Waals surface area contributed by atoms with E-state index >= 15 is 0 Å². The third-order valence-corrected chi connectivity index (χ3v) is 2.41. The van der Waals surface area contributed by atoms with Gasteiger partial charge in [-0.15, -0.1) is 0 Å². The summed E-state index contributed by atoms with van der Waals surface area (Å²) < 4.78 is 10.4. The van der Waals surface area contributed by atoms with E-state index in [-0.39, 0.29) is 0 Å². The molecule has 1 fully saturated rings. The average Bonchev–Trinajstić information content (AvgIpc) is 2.54. The Bertz CT molecular complexity index is 189. The first-order valence-electron chi connectivity index (χ1n) is 4.21. The largest absolute Gasteiger partial charge is 0.480 e. The van der Waals surface area contributed by atoms with Crippen LogP contribution < -0.4 is 5.73 Å². The van der Waals surface area contributed by atoms with E-state index in [0.29, 0.717) is 26.1 Å². The van der Waals surface area contributed by atoms with Crippen LogP contribution in [0.5, 0.6) is 0 Å². The molecule has 5 nitrogen and oxygen atoms in total. The zero-order chi connectivity index (χ0) is 9.90. The van der Waals surface area contributed by atoms with Crippen molar-refractivity contribution in [1.29, 1.82) is 0 Å². The van der Waals surface area contributed by atoms with Crippen molar-refractivity contribution in [2.45, 2.75) is 24.5 Å². The second-order valence-electron chi connectivity index (χ2n) is 3.34. The molecule has 0 aliphatic carbocycles. The Morgan fingerprint density at radius 3 is 2.92 bits per heavy atom. The summed E-state index contributed by atoms with van der Waals surface area (Å²) in [5.74, 6) is -0.997. The minimum Gasteiger partial charge on any atom is -0.480 e. The van der Waals surface area contributed by atoms with Crippen molar-refractivity contribution in [2.75, 3.05) is 20.3 Å². The topological polar surface area (TPSA) is 81.8 Å². The summed E-state index contributed by atoms with van der Waals surface area (Å²) in [5.41, 5.74) is 4.93. The second-order valence-corrected chi connectivity index (χ2v) is 3.34. The van der Waals surface area contributed by atoms with Gasteiger partial charge in [-0.3, -0.25) is 4.79 Å². The molecule has 0 amide bonds. The number of aliphatic carboxylic acids is 1. The first kappa shape index (κ1) is 10.4. The van der Waals surface area contributed by atoms with Crippen LogP contribution >= 0.6 is 0 Å². The fourth-order valence-electron chi connectivity index (χ4n) is 1.48. The monoisotopic (exact) mass is 189 g/mol. The lowest BCUT2D eigenvalue weighted by molar-refractivity contribution is -0.140. The Labute approximate surface area is 76.8 Å². The van der Waals surface area contributed by atoms with Crippen LogP contribution in [0.2, 0.25) is 0 Å². The number of carbonyl (C=O) groups is 1. The van der Waals surface area contributed by atoms with Crippen LogP contribution in [0.3, 0.4) is 0 Å². The highest BCUT2D eigenvalue weighted by molar-refractivity contribution is 5.73. The molecule has 0 saturated carbocycles. The molecule has 2 atom stereocenters. The molecule has 0 bridgehead atoms. The molecule has 1 unspecified atom stereocenters. The predicted molar refractivity (Wildman–Crippen MR) is 45.4 cm³/mol. The van der Waals surface area contributed by atoms with Gasteiger partial charge in [-0.2, -0.15) is 0 Å². The van der Waals surface area contributed by atoms with Crippen molar-refractivity contribution in [2.24, 2.45) is 5.73 Å². The summed E-state index contributed by atoms with van der Waals surface area (Å²) in [4.78, 5) is 10.5. The van der Waals surface area contributed by atoms with E-state index < -0.39 is 17.6 Å². The van der Waals surface area contributed by atoms with Crippen LogP contribution in [-0.4, -0.2) is 43.0 Å². The minimum atomic E-state index is -0.997. The van der Waals surface area contributed by atoms with Gasteiger partial charge in [0.05, 0.1) is 12.2 Å². The van der Waals surface area contributed by atoms with Crippen LogP contribution in [0.4, 0.5) is 0 Å². The maximum atomic E-state index is 10.5. The highest BCUT2D eigenvalue weighted by Crippen LogP contribution is 2.27. The molecular formula is C8H15NO4. The lowest BCUT2D eigenvalue weighted by Gasteiger charge is -2.27. The molecule has 1 rings (SSSR count). The fraction of sp³-hybridized carbons (Fsp3) is 0.875. The minimum absolute atomic E-state index is 0.304. The first-order chi connectivity index (χ1) is 6.09. The highest BCUT2D eigenvalue weighted by atomic mass is 16.5. The van der Waals surface area contributed by atoms with Crippen molar-refractivity contribution in [3.8, 4) is 0 Å². The number of methoxy groups -OCH3 is 1. The van der Waals surface area contributed by atoms with Gasteiger partial charge < -0.3 is 20.3 Å². The van der Waals surface area contributed by atoms with Gasteiger partial charge in [-0.05, 0) is 0 Å². The SMILES string of the molecule is COC1(C[C@H](N)C(=O)O)CCOC1. The molecule has 3 N–H and O–H groups in total. The standard InChI is InChI=1S/C8H15NO4/c1-12-8(2-3-13-5-8)4-6(9)7(10)11/h6H,2-5,9H2,1H3,(H,10,11)/t6-,8?/m0/s1. The van der Waals surface area contributed by atoms with Gasteiger partial charge in [0.2, 0.25) is 0 Å². The highest BCUT2D eigenvalue weighted by Gasteiger charge is 2.38. The molecule has 1 aliphatic heterocycles. The van der Waals surface area contributed by atoms with Gasteiger partial charge >= 0.3 is 5.97 Å². The van der Waals surface area contributed by atoms with Crippen molar-refractivity contribution < 1.29 is 19.4 Å². The van der Waals surface area contributed by atoms with E-state index in [2.05, 4.69) is 0 Å². The Hall–Kier alpha value is -0.650.